The van der Waals surface area contributed by atoms with Crippen molar-refractivity contribution in [1.82, 2.24) is 9.97 Å². The molecule has 0 radical (unpaired) electrons. The predicted octanol–water partition coefficient (Wildman–Crippen LogP) is 1.82. The summed E-state index contributed by atoms with van der Waals surface area (Å²) >= 11 is 0. The third kappa shape index (κ3) is 3.74. The molecule has 6 heteroatoms. The zero-order chi connectivity index (χ0) is 13.7. The van der Waals surface area contributed by atoms with Crippen LogP contribution < -0.4 is 5.32 Å². The Morgan fingerprint density at radius 3 is 2.58 bits per heavy atom. The van der Waals surface area contributed by atoms with Crippen molar-refractivity contribution in [2.24, 2.45) is 0 Å². The van der Waals surface area contributed by atoms with Crippen LogP contribution in [0.25, 0.3) is 11.0 Å². The van der Waals surface area contributed by atoms with E-state index in [4.69, 9.17) is 5.11 Å². The molecule has 0 bridgehead atoms. The molecule has 2 aromatic rings. The van der Waals surface area contributed by atoms with Crippen molar-refractivity contribution in [1.29, 1.82) is 0 Å². The van der Waals surface area contributed by atoms with Gasteiger partial charge in [0.15, 0.2) is 0 Å². The van der Waals surface area contributed by atoms with Gasteiger partial charge in [-0.15, -0.1) is 0 Å². The molecule has 1 amide bonds. The second-order valence-corrected chi connectivity index (χ2v) is 4.06. The van der Waals surface area contributed by atoms with Gasteiger partial charge in [0, 0.05) is 30.9 Å². The summed E-state index contributed by atoms with van der Waals surface area (Å²) in [4.78, 5) is 30.2. The molecule has 6 nitrogen and oxygen atoms in total. The number of amides is 1. The summed E-state index contributed by atoms with van der Waals surface area (Å²) < 4.78 is 0. The van der Waals surface area contributed by atoms with Crippen LogP contribution in [0.2, 0.25) is 0 Å². The average Bonchev–Trinajstić information content (AvgIpc) is 2.38. The van der Waals surface area contributed by atoms with Gasteiger partial charge in [-0.25, -0.2) is 0 Å². The summed E-state index contributed by atoms with van der Waals surface area (Å²) in [6.45, 7) is 0. The molecule has 0 aliphatic heterocycles. The van der Waals surface area contributed by atoms with Gasteiger partial charge in [0.05, 0.1) is 11.0 Å². The molecule has 0 saturated carbocycles. The number of anilines is 1. The van der Waals surface area contributed by atoms with Gasteiger partial charge in [0.2, 0.25) is 5.91 Å². The van der Waals surface area contributed by atoms with Crippen molar-refractivity contribution in [2.75, 3.05) is 5.32 Å². The van der Waals surface area contributed by atoms with Crippen molar-refractivity contribution in [3.05, 3.63) is 30.6 Å². The first-order valence-electron chi connectivity index (χ1n) is 5.87. The monoisotopic (exact) mass is 259 g/mol. The standard InChI is InChI=1S/C13H13N3O3/c17-12(2-1-3-13(18)19)16-9-4-5-10-11(8-9)15-7-6-14-10/h4-8H,1-3H2,(H,16,17)(H,18,19). The van der Waals surface area contributed by atoms with E-state index in [0.717, 1.165) is 5.52 Å². The van der Waals surface area contributed by atoms with Gasteiger partial charge in [-0.3, -0.25) is 19.6 Å². The number of hydrogen-bond acceptors (Lipinski definition) is 4. The van der Waals surface area contributed by atoms with Gasteiger partial charge < -0.3 is 10.4 Å². The normalized spacial score (nSPS) is 10.3. The SMILES string of the molecule is O=C(O)CCCC(=O)Nc1ccc2nccnc2c1. The van der Waals surface area contributed by atoms with Gasteiger partial charge in [0.25, 0.3) is 0 Å². The number of nitrogens with one attached hydrogen (secondary N) is 1. The topological polar surface area (TPSA) is 92.2 Å². The third-order valence-electron chi connectivity index (χ3n) is 2.55. The van der Waals surface area contributed by atoms with E-state index in [-0.39, 0.29) is 18.7 Å². The number of aromatic nitrogens is 2. The quantitative estimate of drug-likeness (QED) is 0.854. The lowest BCUT2D eigenvalue weighted by Crippen LogP contribution is -2.11. The lowest BCUT2D eigenvalue weighted by Gasteiger charge is -2.05. The Hall–Kier alpha value is -2.50. The van der Waals surface area contributed by atoms with Gasteiger partial charge in [-0.2, -0.15) is 0 Å². The lowest BCUT2D eigenvalue weighted by molar-refractivity contribution is -0.137. The molecule has 19 heavy (non-hydrogen) atoms. The zero-order valence-electron chi connectivity index (χ0n) is 10.2. The van der Waals surface area contributed by atoms with E-state index in [0.29, 0.717) is 17.6 Å². The van der Waals surface area contributed by atoms with E-state index >= 15 is 0 Å². The Balaban J connectivity index is 1.97. The molecule has 0 atom stereocenters. The lowest BCUT2D eigenvalue weighted by atomic mass is 10.2. The number of benzene rings is 1. The molecule has 98 valence electrons. The summed E-state index contributed by atoms with van der Waals surface area (Å²) in [6.07, 6.45) is 3.70. The molecule has 1 aromatic carbocycles. The number of carboxylic acids is 1. The van der Waals surface area contributed by atoms with Crippen LogP contribution in [0.1, 0.15) is 19.3 Å². The highest BCUT2D eigenvalue weighted by molar-refractivity contribution is 5.93. The van der Waals surface area contributed by atoms with Crippen LogP contribution in [0.15, 0.2) is 30.6 Å². The first-order valence-corrected chi connectivity index (χ1v) is 5.87. The molecule has 2 N–H and O–H groups in total. The van der Waals surface area contributed by atoms with Crippen LogP contribution >= 0.6 is 0 Å². The largest absolute Gasteiger partial charge is 0.481 e. The fourth-order valence-electron chi connectivity index (χ4n) is 1.66. The summed E-state index contributed by atoms with van der Waals surface area (Å²) in [7, 11) is 0. The maximum atomic E-state index is 11.6. The summed E-state index contributed by atoms with van der Waals surface area (Å²) in [5.41, 5.74) is 2.09. The van der Waals surface area contributed by atoms with Crippen LogP contribution in [0, 0.1) is 0 Å². The maximum Gasteiger partial charge on any atom is 0.303 e. The van der Waals surface area contributed by atoms with Crippen molar-refractivity contribution in [3.8, 4) is 0 Å². The van der Waals surface area contributed by atoms with Crippen molar-refractivity contribution < 1.29 is 14.7 Å². The maximum absolute atomic E-state index is 11.6. The predicted molar refractivity (Wildman–Crippen MR) is 69.7 cm³/mol. The molecule has 1 heterocycles. The minimum Gasteiger partial charge on any atom is -0.481 e. The summed E-state index contributed by atoms with van der Waals surface area (Å²) in [6, 6.07) is 5.25. The summed E-state index contributed by atoms with van der Waals surface area (Å²) in [5.74, 6) is -1.10. The molecular weight excluding hydrogens is 246 g/mol. The minimum absolute atomic E-state index is 0.00336. The number of hydrogen-bond donors (Lipinski definition) is 2. The Kier molecular flexibility index (Phi) is 4.02. The molecule has 0 unspecified atom stereocenters. The van der Waals surface area contributed by atoms with Gasteiger partial charge in [-0.1, -0.05) is 0 Å². The molecule has 0 fully saturated rings. The molecule has 1 aromatic heterocycles. The van der Waals surface area contributed by atoms with Crippen LogP contribution in [0.4, 0.5) is 5.69 Å². The minimum atomic E-state index is -0.895. The van der Waals surface area contributed by atoms with E-state index < -0.39 is 5.97 Å². The molecule has 0 aliphatic rings. The first kappa shape index (κ1) is 12.9. The Morgan fingerprint density at radius 2 is 1.84 bits per heavy atom. The van der Waals surface area contributed by atoms with Crippen molar-refractivity contribution >= 4 is 28.6 Å². The highest BCUT2D eigenvalue weighted by atomic mass is 16.4. The van der Waals surface area contributed by atoms with Gasteiger partial charge >= 0.3 is 5.97 Å². The van der Waals surface area contributed by atoms with Crippen LogP contribution in [-0.2, 0) is 9.59 Å². The molecule has 0 saturated heterocycles. The summed E-state index contributed by atoms with van der Waals surface area (Å²) in [5, 5.41) is 11.2. The number of aliphatic carboxylic acids is 1. The first-order chi connectivity index (χ1) is 9.15. The number of nitrogens with zero attached hydrogens (tertiary/aromatic N) is 2. The van der Waals surface area contributed by atoms with E-state index in [2.05, 4.69) is 15.3 Å². The van der Waals surface area contributed by atoms with Crippen molar-refractivity contribution in [2.45, 2.75) is 19.3 Å². The average molecular weight is 259 g/mol. The van der Waals surface area contributed by atoms with Crippen LogP contribution in [0.3, 0.4) is 0 Å². The number of rotatable bonds is 5. The number of carbonyl (C=O) groups is 2. The van der Waals surface area contributed by atoms with Crippen LogP contribution in [-0.4, -0.2) is 27.0 Å². The highest BCUT2D eigenvalue weighted by Gasteiger charge is 2.05. The molecule has 0 aliphatic carbocycles. The van der Waals surface area contributed by atoms with Crippen molar-refractivity contribution in [3.63, 3.8) is 0 Å². The van der Waals surface area contributed by atoms with E-state index in [1.165, 1.54) is 0 Å². The third-order valence-corrected chi connectivity index (χ3v) is 2.55. The Labute approximate surface area is 109 Å². The van der Waals surface area contributed by atoms with E-state index in [1.54, 1.807) is 30.6 Å². The van der Waals surface area contributed by atoms with Gasteiger partial charge in [0.1, 0.15) is 0 Å². The van der Waals surface area contributed by atoms with E-state index in [9.17, 15) is 9.59 Å². The zero-order valence-corrected chi connectivity index (χ0v) is 10.2. The van der Waals surface area contributed by atoms with Gasteiger partial charge in [-0.05, 0) is 24.6 Å². The molecular formula is C13H13N3O3. The molecule has 0 spiro atoms. The Morgan fingerprint density at radius 1 is 1.11 bits per heavy atom. The fourth-order valence-corrected chi connectivity index (χ4v) is 1.66. The highest BCUT2D eigenvalue weighted by Crippen LogP contribution is 2.15. The smallest absolute Gasteiger partial charge is 0.303 e. The Bertz CT molecular complexity index is 613. The second-order valence-electron chi connectivity index (χ2n) is 4.06. The fraction of sp³-hybridized carbons (Fsp3) is 0.231. The van der Waals surface area contributed by atoms with E-state index in [1.807, 2.05) is 0 Å². The number of carboxylic acid groups (broad SMARTS) is 1. The number of carbonyl (C=O) groups excluding carboxylic acids is 1. The second kappa shape index (κ2) is 5.90. The molecule has 2 rings (SSSR count). The number of fused-ring (bicyclic) bond motifs is 1. The van der Waals surface area contributed by atoms with Crippen LogP contribution in [0.5, 0.6) is 0 Å².